The summed E-state index contributed by atoms with van der Waals surface area (Å²) < 4.78 is 5.69. The number of esters is 1. The average molecular weight is 228 g/mol. The number of hydrogen-bond acceptors (Lipinski definition) is 2. The minimum atomic E-state index is -0.411. The zero-order chi connectivity index (χ0) is 13.0. The predicted molar refractivity (Wildman–Crippen MR) is 68.3 cm³/mol. The van der Waals surface area contributed by atoms with Crippen LogP contribution in [0.15, 0.2) is 0 Å². The van der Waals surface area contributed by atoms with Crippen molar-refractivity contribution >= 4 is 5.97 Å². The van der Waals surface area contributed by atoms with E-state index in [-0.39, 0.29) is 11.6 Å². The second-order valence-electron chi connectivity index (χ2n) is 6.16. The molecule has 0 saturated heterocycles. The van der Waals surface area contributed by atoms with Crippen LogP contribution in [0.3, 0.4) is 0 Å². The summed E-state index contributed by atoms with van der Waals surface area (Å²) in [5.74, 6) is 0.498. The number of hydrogen-bond donors (Lipinski definition) is 0. The van der Waals surface area contributed by atoms with E-state index in [0.29, 0.717) is 5.92 Å². The third kappa shape index (κ3) is 5.00. The summed E-state index contributed by atoms with van der Waals surface area (Å²) >= 11 is 0. The van der Waals surface area contributed by atoms with Crippen molar-refractivity contribution in [2.24, 2.45) is 11.3 Å². The van der Waals surface area contributed by atoms with Crippen molar-refractivity contribution in [3.05, 3.63) is 0 Å². The first-order chi connectivity index (χ1) is 7.14. The van der Waals surface area contributed by atoms with Crippen LogP contribution in [0.4, 0.5) is 0 Å². The Morgan fingerprint density at radius 3 is 2.00 bits per heavy atom. The van der Waals surface area contributed by atoms with Gasteiger partial charge in [0.25, 0.3) is 0 Å². The van der Waals surface area contributed by atoms with Gasteiger partial charge >= 0.3 is 5.97 Å². The summed E-state index contributed by atoms with van der Waals surface area (Å²) in [6, 6.07) is 0. The van der Waals surface area contributed by atoms with Gasteiger partial charge in [0.05, 0.1) is 5.41 Å². The molecular formula is C14H28O2. The van der Waals surface area contributed by atoms with Gasteiger partial charge in [-0.05, 0) is 46.5 Å². The smallest absolute Gasteiger partial charge is 0.311 e. The predicted octanol–water partition coefficient (Wildman–Crippen LogP) is 4.18. The Bertz CT molecular complexity index is 227. The third-order valence-corrected chi connectivity index (χ3v) is 3.18. The Hall–Kier alpha value is -0.530. The first-order valence-corrected chi connectivity index (χ1v) is 6.38. The van der Waals surface area contributed by atoms with Gasteiger partial charge in [-0.15, -0.1) is 0 Å². The van der Waals surface area contributed by atoms with Crippen molar-refractivity contribution in [3.8, 4) is 0 Å². The Morgan fingerprint density at radius 1 is 1.19 bits per heavy atom. The van der Waals surface area contributed by atoms with E-state index in [2.05, 4.69) is 20.8 Å². The highest BCUT2D eigenvalue weighted by molar-refractivity contribution is 5.75. The molecule has 0 N–H and O–H groups in total. The average Bonchev–Trinajstić information content (AvgIpc) is 2.16. The molecule has 0 aliphatic heterocycles. The summed E-state index contributed by atoms with van der Waals surface area (Å²) in [7, 11) is 0. The SMILES string of the molecule is CCC(C)CC(C)(CC)OC(=O)C(C)(C)C. The fraction of sp³-hybridized carbons (Fsp3) is 0.929. The summed E-state index contributed by atoms with van der Waals surface area (Å²) in [5, 5.41) is 0. The fourth-order valence-corrected chi connectivity index (χ4v) is 1.52. The lowest BCUT2D eigenvalue weighted by atomic mass is 9.88. The van der Waals surface area contributed by atoms with Gasteiger partial charge in [0.15, 0.2) is 0 Å². The zero-order valence-electron chi connectivity index (χ0n) is 12.0. The highest BCUT2D eigenvalue weighted by Gasteiger charge is 2.33. The first kappa shape index (κ1) is 15.5. The van der Waals surface area contributed by atoms with Gasteiger partial charge in [-0.1, -0.05) is 27.2 Å². The van der Waals surface area contributed by atoms with Crippen LogP contribution in [0.25, 0.3) is 0 Å². The second kappa shape index (κ2) is 5.70. The van der Waals surface area contributed by atoms with Crippen molar-refractivity contribution < 1.29 is 9.53 Å². The Labute approximate surface area is 101 Å². The van der Waals surface area contributed by atoms with Gasteiger partial charge in [0, 0.05) is 0 Å². The number of ether oxygens (including phenoxy) is 1. The normalized spacial score (nSPS) is 17.7. The van der Waals surface area contributed by atoms with Crippen molar-refractivity contribution in [2.75, 3.05) is 0 Å². The molecule has 96 valence electrons. The van der Waals surface area contributed by atoms with Crippen LogP contribution < -0.4 is 0 Å². The number of rotatable bonds is 5. The van der Waals surface area contributed by atoms with Crippen LogP contribution in [0.2, 0.25) is 0 Å². The van der Waals surface area contributed by atoms with Gasteiger partial charge in [-0.25, -0.2) is 0 Å². The molecular weight excluding hydrogens is 200 g/mol. The van der Waals surface area contributed by atoms with E-state index >= 15 is 0 Å². The van der Waals surface area contributed by atoms with E-state index in [1.54, 1.807) is 0 Å². The second-order valence-corrected chi connectivity index (χ2v) is 6.16. The minimum absolute atomic E-state index is 0.0971. The molecule has 2 heteroatoms. The van der Waals surface area contributed by atoms with Gasteiger partial charge in [0.2, 0.25) is 0 Å². The van der Waals surface area contributed by atoms with E-state index in [1.165, 1.54) is 0 Å². The summed E-state index contributed by atoms with van der Waals surface area (Å²) in [4.78, 5) is 11.9. The van der Waals surface area contributed by atoms with Crippen molar-refractivity contribution in [2.45, 2.75) is 73.3 Å². The topological polar surface area (TPSA) is 26.3 Å². The van der Waals surface area contributed by atoms with E-state index in [4.69, 9.17) is 4.74 Å². The summed E-state index contributed by atoms with van der Waals surface area (Å²) in [5.41, 5.74) is -0.717. The maximum Gasteiger partial charge on any atom is 0.311 e. The maximum atomic E-state index is 11.9. The molecule has 2 unspecified atom stereocenters. The van der Waals surface area contributed by atoms with Crippen LogP contribution in [-0.2, 0) is 9.53 Å². The molecule has 2 nitrogen and oxygen atoms in total. The molecule has 0 saturated carbocycles. The highest BCUT2D eigenvalue weighted by atomic mass is 16.6. The molecule has 0 rings (SSSR count). The van der Waals surface area contributed by atoms with Crippen LogP contribution >= 0.6 is 0 Å². The van der Waals surface area contributed by atoms with E-state index < -0.39 is 5.41 Å². The van der Waals surface area contributed by atoms with Crippen LogP contribution in [0, 0.1) is 11.3 Å². The number of carbonyl (C=O) groups is 1. The third-order valence-electron chi connectivity index (χ3n) is 3.18. The molecule has 16 heavy (non-hydrogen) atoms. The molecule has 0 bridgehead atoms. The molecule has 0 amide bonds. The maximum absolute atomic E-state index is 11.9. The van der Waals surface area contributed by atoms with E-state index in [1.807, 2.05) is 27.7 Å². The fourth-order valence-electron chi connectivity index (χ4n) is 1.52. The quantitative estimate of drug-likeness (QED) is 0.660. The Balaban J connectivity index is 4.54. The molecule has 0 aliphatic carbocycles. The van der Waals surface area contributed by atoms with Crippen LogP contribution in [-0.4, -0.2) is 11.6 Å². The number of carbonyl (C=O) groups excluding carboxylic acids is 1. The van der Waals surface area contributed by atoms with Crippen molar-refractivity contribution in [1.82, 2.24) is 0 Å². The van der Waals surface area contributed by atoms with E-state index in [9.17, 15) is 4.79 Å². The lowest BCUT2D eigenvalue weighted by Crippen LogP contribution is -2.37. The molecule has 0 aromatic carbocycles. The standard InChI is InChI=1S/C14H28O2/c1-8-11(3)10-14(7,9-2)16-12(15)13(4,5)6/h11H,8-10H2,1-7H3. The highest BCUT2D eigenvalue weighted by Crippen LogP contribution is 2.29. The molecule has 2 atom stereocenters. The minimum Gasteiger partial charge on any atom is -0.459 e. The van der Waals surface area contributed by atoms with Gasteiger partial charge in [0.1, 0.15) is 5.60 Å². The van der Waals surface area contributed by atoms with Gasteiger partial charge < -0.3 is 4.74 Å². The zero-order valence-corrected chi connectivity index (χ0v) is 12.0. The molecule has 0 aliphatic rings. The van der Waals surface area contributed by atoms with Crippen LogP contribution in [0.5, 0.6) is 0 Å². The lowest BCUT2D eigenvalue weighted by molar-refractivity contribution is -0.170. The molecule has 0 aromatic rings. The molecule has 0 aromatic heterocycles. The lowest BCUT2D eigenvalue weighted by Gasteiger charge is -2.33. The molecule has 0 radical (unpaired) electrons. The molecule has 0 fully saturated rings. The van der Waals surface area contributed by atoms with Crippen molar-refractivity contribution in [1.29, 1.82) is 0 Å². The van der Waals surface area contributed by atoms with Gasteiger partial charge in [-0.3, -0.25) is 4.79 Å². The van der Waals surface area contributed by atoms with Crippen LogP contribution in [0.1, 0.15) is 67.7 Å². The monoisotopic (exact) mass is 228 g/mol. The Morgan fingerprint density at radius 2 is 1.69 bits per heavy atom. The van der Waals surface area contributed by atoms with E-state index in [0.717, 1.165) is 19.3 Å². The first-order valence-electron chi connectivity index (χ1n) is 6.38. The molecule has 0 heterocycles. The summed E-state index contributed by atoms with van der Waals surface area (Å²) in [6.07, 6.45) is 2.95. The summed E-state index contributed by atoms with van der Waals surface area (Å²) in [6.45, 7) is 14.2. The largest absolute Gasteiger partial charge is 0.459 e. The Kier molecular flexibility index (Phi) is 5.51. The molecule has 0 spiro atoms. The van der Waals surface area contributed by atoms with Crippen molar-refractivity contribution in [3.63, 3.8) is 0 Å². The van der Waals surface area contributed by atoms with Gasteiger partial charge in [-0.2, -0.15) is 0 Å².